The number of benzene rings is 2. The molecule has 3 rings (SSSR count). The van der Waals surface area contributed by atoms with Crippen LogP contribution in [0.5, 0.6) is 11.5 Å². The van der Waals surface area contributed by atoms with Crippen LogP contribution in [0.25, 0.3) is 0 Å². The number of nitrogens with zero attached hydrogens (tertiary/aromatic N) is 3. The number of nitro groups is 1. The van der Waals surface area contributed by atoms with E-state index < -0.39 is 4.92 Å². The molecule has 0 spiro atoms. The SMILES string of the molecule is Cc1cccc(Oc2cc(NC(=O)c3c(C)nn(C)c3C)cc([N+](=O)[O-])c2)c1. The molecule has 1 heterocycles. The number of non-ortho nitro benzene ring substituents is 1. The van der Waals surface area contributed by atoms with E-state index in [-0.39, 0.29) is 23.0 Å². The molecule has 3 aromatic rings. The van der Waals surface area contributed by atoms with Crippen molar-refractivity contribution in [1.29, 1.82) is 0 Å². The molecule has 0 unspecified atom stereocenters. The number of amides is 1. The fourth-order valence-electron chi connectivity index (χ4n) is 2.93. The molecule has 0 aliphatic heterocycles. The van der Waals surface area contributed by atoms with Gasteiger partial charge in [0.15, 0.2) is 0 Å². The van der Waals surface area contributed by atoms with E-state index in [4.69, 9.17) is 4.74 Å². The summed E-state index contributed by atoms with van der Waals surface area (Å²) in [7, 11) is 1.75. The van der Waals surface area contributed by atoms with Crippen LogP contribution in [0.2, 0.25) is 0 Å². The Morgan fingerprint density at radius 1 is 1.14 bits per heavy atom. The topological polar surface area (TPSA) is 99.3 Å². The summed E-state index contributed by atoms with van der Waals surface area (Å²) < 4.78 is 7.37. The molecular weight excluding hydrogens is 360 g/mol. The quantitative estimate of drug-likeness (QED) is 0.525. The van der Waals surface area contributed by atoms with Crippen molar-refractivity contribution >= 4 is 17.3 Å². The molecule has 0 atom stereocenters. The van der Waals surface area contributed by atoms with E-state index in [0.717, 1.165) is 5.56 Å². The number of carbonyl (C=O) groups excluding carboxylic acids is 1. The lowest BCUT2D eigenvalue weighted by atomic mass is 10.1. The van der Waals surface area contributed by atoms with Gasteiger partial charge in [-0.25, -0.2) is 0 Å². The third kappa shape index (κ3) is 4.01. The number of aryl methyl sites for hydroxylation is 3. The number of hydrogen-bond acceptors (Lipinski definition) is 5. The summed E-state index contributed by atoms with van der Waals surface area (Å²) in [5.74, 6) is 0.427. The van der Waals surface area contributed by atoms with Crippen molar-refractivity contribution < 1.29 is 14.5 Å². The first kappa shape index (κ1) is 19.1. The van der Waals surface area contributed by atoms with E-state index in [0.29, 0.717) is 22.7 Å². The molecule has 0 saturated heterocycles. The average Bonchev–Trinajstić information content (AvgIpc) is 2.86. The smallest absolute Gasteiger partial charge is 0.275 e. The Bertz CT molecular complexity index is 1070. The minimum absolute atomic E-state index is 0.180. The summed E-state index contributed by atoms with van der Waals surface area (Å²) in [5, 5.41) is 18.2. The first-order chi connectivity index (χ1) is 13.2. The van der Waals surface area contributed by atoms with Crippen LogP contribution >= 0.6 is 0 Å². The lowest BCUT2D eigenvalue weighted by Gasteiger charge is -2.10. The van der Waals surface area contributed by atoms with E-state index in [9.17, 15) is 14.9 Å². The van der Waals surface area contributed by atoms with Crippen molar-refractivity contribution in [2.75, 3.05) is 5.32 Å². The van der Waals surface area contributed by atoms with Crippen LogP contribution in [-0.2, 0) is 7.05 Å². The lowest BCUT2D eigenvalue weighted by molar-refractivity contribution is -0.384. The molecule has 0 aliphatic carbocycles. The van der Waals surface area contributed by atoms with Crippen LogP contribution in [0, 0.1) is 30.9 Å². The zero-order chi connectivity index (χ0) is 20.4. The standard InChI is InChI=1S/C20H20N4O4/c1-12-6-5-7-17(8-12)28-18-10-15(9-16(11-18)24(26)27)21-20(25)19-13(2)22-23(4)14(19)3/h5-11H,1-4H3,(H,21,25). The minimum atomic E-state index is -0.528. The van der Waals surface area contributed by atoms with Gasteiger partial charge >= 0.3 is 0 Å². The molecule has 0 bridgehead atoms. The molecule has 1 aromatic heterocycles. The van der Waals surface area contributed by atoms with Gasteiger partial charge in [-0.1, -0.05) is 12.1 Å². The van der Waals surface area contributed by atoms with Gasteiger partial charge in [-0.05, 0) is 38.5 Å². The van der Waals surface area contributed by atoms with Gasteiger partial charge in [0.1, 0.15) is 11.5 Å². The van der Waals surface area contributed by atoms with Crippen LogP contribution < -0.4 is 10.1 Å². The van der Waals surface area contributed by atoms with E-state index >= 15 is 0 Å². The Balaban J connectivity index is 1.93. The summed E-state index contributed by atoms with van der Waals surface area (Å²) in [6.45, 7) is 5.45. The van der Waals surface area contributed by atoms with Crippen LogP contribution in [0.15, 0.2) is 42.5 Å². The maximum Gasteiger partial charge on any atom is 0.275 e. The summed E-state index contributed by atoms with van der Waals surface area (Å²) in [5.41, 5.74) is 2.81. The second-order valence-electron chi connectivity index (χ2n) is 6.51. The third-order valence-corrected chi connectivity index (χ3v) is 4.32. The number of carbonyl (C=O) groups is 1. The largest absolute Gasteiger partial charge is 0.457 e. The zero-order valence-electron chi connectivity index (χ0n) is 16.0. The first-order valence-corrected chi connectivity index (χ1v) is 8.60. The van der Waals surface area contributed by atoms with Crippen molar-refractivity contribution in [3.05, 3.63) is 75.1 Å². The average molecular weight is 380 g/mol. The Kier molecular flexibility index (Phi) is 5.12. The minimum Gasteiger partial charge on any atom is -0.457 e. The molecular formula is C20H20N4O4. The fourth-order valence-corrected chi connectivity index (χ4v) is 2.93. The maximum atomic E-state index is 12.7. The highest BCUT2D eigenvalue weighted by Gasteiger charge is 2.19. The monoisotopic (exact) mass is 380 g/mol. The predicted octanol–water partition coefficient (Wildman–Crippen LogP) is 4.30. The molecule has 0 aliphatic rings. The van der Waals surface area contributed by atoms with E-state index in [1.165, 1.54) is 12.1 Å². The third-order valence-electron chi connectivity index (χ3n) is 4.32. The summed E-state index contributed by atoms with van der Waals surface area (Å²) in [4.78, 5) is 23.5. The summed E-state index contributed by atoms with van der Waals surface area (Å²) >= 11 is 0. The molecule has 1 amide bonds. The molecule has 0 radical (unpaired) electrons. The highest BCUT2D eigenvalue weighted by molar-refractivity contribution is 6.06. The highest BCUT2D eigenvalue weighted by Crippen LogP contribution is 2.30. The van der Waals surface area contributed by atoms with E-state index in [1.54, 1.807) is 37.7 Å². The molecule has 8 heteroatoms. The van der Waals surface area contributed by atoms with Crippen molar-refractivity contribution in [2.45, 2.75) is 20.8 Å². The van der Waals surface area contributed by atoms with E-state index in [2.05, 4.69) is 10.4 Å². The number of ether oxygens (including phenoxy) is 1. The van der Waals surface area contributed by atoms with Crippen LogP contribution in [-0.4, -0.2) is 20.6 Å². The number of anilines is 1. The molecule has 0 fully saturated rings. The van der Waals surface area contributed by atoms with Crippen molar-refractivity contribution in [1.82, 2.24) is 9.78 Å². The van der Waals surface area contributed by atoms with Gasteiger partial charge in [-0.2, -0.15) is 5.10 Å². The number of hydrogen-bond donors (Lipinski definition) is 1. The van der Waals surface area contributed by atoms with Gasteiger partial charge in [0, 0.05) is 24.9 Å². The predicted molar refractivity (Wildman–Crippen MR) is 105 cm³/mol. The second kappa shape index (κ2) is 7.51. The Hall–Kier alpha value is -3.68. The Morgan fingerprint density at radius 2 is 1.89 bits per heavy atom. The summed E-state index contributed by atoms with van der Waals surface area (Å²) in [6.07, 6.45) is 0. The van der Waals surface area contributed by atoms with Gasteiger partial charge in [0.2, 0.25) is 0 Å². The number of nitro benzene ring substituents is 1. The number of nitrogens with one attached hydrogen (secondary N) is 1. The highest BCUT2D eigenvalue weighted by atomic mass is 16.6. The van der Waals surface area contributed by atoms with Crippen LogP contribution in [0.1, 0.15) is 27.3 Å². The second-order valence-corrected chi connectivity index (χ2v) is 6.51. The molecule has 144 valence electrons. The number of rotatable bonds is 5. The normalized spacial score (nSPS) is 10.6. The molecule has 1 N–H and O–H groups in total. The van der Waals surface area contributed by atoms with Crippen LogP contribution in [0.4, 0.5) is 11.4 Å². The summed E-state index contributed by atoms with van der Waals surface area (Å²) in [6, 6.07) is 11.5. The van der Waals surface area contributed by atoms with Gasteiger partial charge < -0.3 is 10.1 Å². The van der Waals surface area contributed by atoms with Gasteiger partial charge in [-0.3, -0.25) is 19.6 Å². The van der Waals surface area contributed by atoms with E-state index in [1.807, 2.05) is 25.1 Å². The van der Waals surface area contributed by atoms with Crippen molar-refractivity contribution in [2.24, 2.45) is 7.05 Å². The molecule has 28 heavy (non-hydrogen) atoms. The Morgan fingerprint density at radius 3 is 2.50 bits per heavy atom. The van der Waals surface area contributed by atoms with Gasteiger partial charge in [0.25, 0.3) is 11.6 Å². The van der Waals surface area contributed by atoms with Crippen LogP contribution in [0.3, 0.4) is 0 Å². The maximum absolute atomic E-state index is 12.7. The van der Waals surface area contributed by atoms with Gasteiger partial charge in [0.05, 0.1) is 27.9 Å². The number of aromatic nitrogens is 2. The Labute approximate surface area is 161 Å². The lowest BCUT2D eigenvalue weighted by Crippen LogP contribution is -2.14. The molecule has 2 aromatic carbocycles. The first-order valence-electron chi connectivity index (χ1n) is 8.60. The van der Waals surface area contributed by atoms with Crippen molar-refractivity contribution in [3.63, 3.8) is 0 Å². The fraction of sp³-hybridized carbons (Fsp3) is 0.200. The zero-order valence-corrected chi connectivity index (χ0v) is 16.0. The molecule has 8 nitrogen and oxygen atoms in total. The molecule has 0 saturated carbocycles. The van der Waals surface area contributed by atoms with Crippen molar-refractivity contribution in [3.8, 4) is 11.5 Å². The van der Waals surface area contributed by atoms with Gasteiger partial charge in [-0.15, -0.1) is 0 Å².